The average molecular weight is 766 g/mol. The van der Waals surface area contributed by atoms with Gasteiger partial charge in [-0.25, -0.2) is 9.97 Å². The number of nitrogens with one attached hydrogen (secondary N) is 1. The number of amides is 3. The van der Waals surface area contributed by atoms with E-state index in [1.165, 1.54) is 52.4 Å². The smallest absolute Gasteiger partial charge is 0.276 e. The molecule has 4 fully saturated rings. The van der Waals surface area contributed by atoms with Gasteiger partial charge in [-0.15, -0.1) is 34.4 Å². The monoisotopic (exact) mass is 765 g/mol. The summed E-state index contributed by atoms with van der Waals surface area (Å²) in [6.45, 7) is 7.18. The second kappa shape index (κ2) is 13.7. The number of thiazole rings is 2. The van der Waals surface area contributed by atoms with Gasteiger partial charge >= 0.3 is 0 Å². The number of β-lactam (4-membered cyclic amide) rings is 1. The number of carboxylic acids is 1. The molecule has 5 aliphatic heterocycles. The molecular formula is C29H32ClN9O6S4. The molecule has 8 rings (SSSR count). The number of piperazine rings is 3. The third kappa shape index (κ3) is 6.72. The molecule has 0 unspecified atom stereocenters. The minimum atomic E-state index is -1.47. The summed E-state index contributed by atoms with van der Waals surface area (Å²) < 4.78 is 3.43. The van der Waals surface area contributed by atoms with E-state index in [1.807, 2.05) is 0 Å². The third-order valence-corrected chi connectivity index (χ3v) is 13.7. The second-order valence-corrected chi connectivity index (χ2v) is 16.7. The standard InChI is InChI=1S/C29H31N9O6S4.ClH/c1-44-35-21(17-13-46-28(31)32-17)24(40)34-22-25(41)36-23(27(42)43)19(14-45-26(22)36)48-29-33-16-10-15(2-3-18(16)47-29)11-37-4-7-38(8-5-37,9-6-37)12-20(30)39;/h2-3,10,13,22,26H,4-9,11-12,14H2,1H3,(H4-2,30,31,32,34,39,40,42,43);1H/b35-21-;/t22-,26-,37?,38?;/m1./s1. The number of aromatic nitrogens is 2. The lowest BCUT2D eigenvalue weighted by Crippen LogP contribution is -3.00. The molecule has 7 heterocycles. The van der Waals surface area contributed by atoms with Crippen molar-refractivity contribution >= 4 is 90.9 Å². The fourth-order valence-corrected chi connectivity index (χ4v) is 11.1. The van der Waals surface area contributed by atoms with Gasteiger partial charge < -0.3 is 52.9 Å². The number of quaternary nitrogens is 2. The van der Waals surface area contributed by atoms with Gasteiger partial charge in [0.2, 0.25) is 0 Å². The molecule has 1 aromatic carbocycles. The number of hydrogen-bond acceptors (Lipinski definition) is 14. The molecule has 2 bridgehead atoms. The van der Waals surface area contributed by atoms with Crippen LogP contribution in [0.2, 0.25) is 0 Å². The zero-order valence-electron chi connectivity index (χ0n) is 26.1. The molecule has 0 radical (unpaired) electrons. The zero-order valence-corrected chi connectivity index (χ0v) is 30.1. The number of oxime groups is 1. The first-order valence-electron chi connectivity index (χ1n) is 15.1. The fourth-order valence-electron chi connectivity index (χ4n) is 6.90. The summed E-state index contributed by atoms with van der Waals surface area (Å²) in [6, 6.07) is 5.30. The van der Waals surface area contributed by atoms with Crippen LogP contribution in [0.3, 0.4) is 0 Å². The minimum absolute atomic E-state index is 0. The number of carboxylic acid groups (broad SMARTS) is 1. The van der Waals surface area contributed by atoms with E-state index in [9.17, 15) is 24.3 Å². The van der Waals surface area contributed by atoms with E-state index in [2.05, 4.69) is 33.7 Å². The fraction of sp³-hybridized carbons (Fsp3) is 0.414. The largest absolute Gasteiger partial charge is 1.00 e. The Morgan fingerprint density at radius 1 is 1.16 bits per heavy atom. The summed E-state index contributed by atoms with van der Waals surface area (Å²) in [7, 11) is 1.28. The lowest BCUT2D eigenvalue weighted by Gasteiger charge is -2.55. The number of nitrogens with zero attached hydrogens (tertiary/aromatic N) is 6. The summed E-state index contributed by atoms with van der Waals surface area (Å²) in [6.07, 6.45) is 0. The van der Waals surface area contributed by atoms with E-state index >= 15 is 0 Å². The van der Waals surface area contributed by atoms with Crippen LogP contribution < -0.4 is 34.3 Å². The Kier molecular flexibility index (Phi) is 9.88. The number of carbonyl (C=O) groups is 4. The van der Waals surface area contributed by atoms with Crippen LogP contribution in [0, 0.1) is 0 Å². The molecule has 5 aliphatic rings. The number of carbonyl (C=O) groups excluding carboxylic acids is 4. The number of anilines is 1. The first-order valence-corrected chi connectivity index (χ1v) is 18.6. The first-order chi connectivity index (χ1) is 23.0. The van der Waals surface area contributed by atoms with Crippen LogP contribution in [0.1, 0.15) is 11.3 Å². The minimum Gasteiger partial charge on any atom is -1.00 e. The Hall–Kier alpha value is -3.46. The van der Waals surface area contributed by atoms with Crippen molar-refractivity contribution in [3.05, 3.63) is 45.4 Å². The van der Waals surface area contributed by atoms with Crippen LogP contribution in [-0.4, -0.2) is 123 Å². The highest BCUT2D eigenvalue weighted by Gasteiger charge is 2.53. The number of halogens is 1. The molecule has 5 N–H and O–H groups in total. The molecule has 0 saturated carbocycles. The van der Waals surface area contributed by atoms with Crippen LogP contribution in [0.4, 0.5) is 5.13 Å². The number of fused-ring (bicyclic) bond motifs is 5. The summed E-state index contributed by atoms with van der Waals surface area (Å²) in [5.41, 5.74) is 13.1. The first kappa shape index (κ1) is 35.4. The quantitative estimate of drug-likeness (QED) is 0.0756. The van der Waals surface area contributed by atoms with Crippen molar-refractivity contribution in [2.75, 3.05) is 64.4 Å². The van der Waals surface area contributed by atoms with Crippen molar-refractivity contribution in [2.45, 2.75) is 22.3 Å². The number of nitrogen functional groups attached to an aromatic ring is 1. The van der Waals surface area contributed by atoms with Crippen molar-refractivity contribution < 1.29 is 50.5 Å². The molecule has 3 aromatic rings. The van der Waals surface area contributed by atoms with Crippen LogP contribution in [0.25, 0.3) is 10.2 Å². The van der Waals surface area contributed by atoms with E-state index in [0.717, 1.165) is 76.3 Å². The Morgan fingerprint density at radius 2 is 1.88 bits per heavy atom. The topological polar surface area (TPSA) is 206 Å². The van der Waals surface area contributed by atoms with Crippen LogP contribution in [-0.2, 0) is 30.6 Å². The normalized spacial score (nSPS) is 26.2. The van der Waals surface area contributed by atoms with Gasteiger partial charge in [-0.3, -0.25) is 19.3 Å². The maximum absolute atomic E-state index is 13.2. The number of benzene rings is 1. The summed E-state index contributed by atoms with van der Waals surface area (Å²) >= 11 is 5.14. The van der Waals surface area contributed by atoms with E-state index in [4.69, 9.17) is 21.3 Å². The summed E-state index contributed by atoms with van der Waals surface area (Å²) in [5, 5.41) is 19.9. The molecule has 260 valence electrons. The van der Waals surface area contributed by atoms with E-state index in [0.29, 0.717) is 15.8 Å². The van der Waals surface area contributed by atoms with Gasteiger partial charge in [-0.2, -0.15) is 0 Å². The summed E-state index contributed by atoms with van der Waals surface area (Å²) in [5.74, 6) is -2.70. The Morgan fingerprint density at radius 3 is 2.51 bits per heavy atom. The predicted molar refractivity (Wildman–Crippen MR) is 180 cm³/mol. The van der Waals surface area contributed by atoms with Gasteiger partial charge in [0.1, 0.15) is 70.0 Å². The maximum atomic E-state index is 13.2. The molecule has 4 saturated heterocycles. The number of hydrogen-bond donors (Lipinski definition) is 3. The SMILES string of the molecule is CO/N=C(\C(=O)N[C@@H]1C(=O)N2C(C(=O)[O-])=C(Sc3nc4cc(C[N+]56CC[N+](CC(N)=O)(CC5)CC6)ccc4s3)CS[C@H]12)c1csc(N)n1.[Cl-]. The summed E-state index contributed by atoms with van der Waals surface area (Å²) in [4.78, 5) is 65.6. The van der Waals surface area contributed by atoms with E-state index in [1.54, 1.807) is 5.38 Å². The van der Waals surface area contributed by atoms with Crippen LogP contribution >= 0.6 is 46.2 Å². The second-order valence-electron chi connectivity index (χ2n) is 12.3. The lowest BCUT2D eigenvalue weighted by molar-refractivity contribution is -1.08. The number of aliphatic carboxylic acids is 1. The Balaban J connectivity index is 0.00000417. The number of nitrogens with two attached hydrogens (primary N) is 2. The van der Waals surface area contributed by atoms with Crippen LogP contribution in [0.5, 0.6) is 0 Å². The van der Waals surface area contributed by atoms with Gasteiger partial charge in [0.25, 0.3) is 17.7 Å². The third-order valence-electron chi connectivity index (χ3n) is 9.37. The van der Waals surface area contributed by atoms with Gasteiger partial charge in [-0.1, -0.05) is 23.0 Å². The molecular weight excluding hydrogens is 734 g/mol. The average Bonchev–Trinajstić information content (AvgIpc) is 3.67. The lowest BCUT2D eigenvalue weighted by atomic mass is 10.0. The van der Waals surface area contributed by atoms with Gasteiger partial charge in [-0.05, 0) is 12.1 Å². The van der Waals surface area contributed by atoms with E-state index in [-0.39, 0.29) is 46.3 Å². The zero-order chi connectivity index (χ0) is 33.8. The van der Waals surface area contributed by atoms with Gasteiger partial charge in [0, 0.05) is 21.6 Å². The van der Waals surface area contributed by atoms with Crippen molar-refractivity contribution in [1.29, 1.82) is 0 Å². The molecule has 2 atom stereocenters. The van der Waals surface area contributed by atoms with E-state index < -0.39 is 29.2 Å². The molecule has 0 spiro atoms. The highest BCUT2D eigenvalue weighted by molar-refractivity contribution is 8.07. The van der Waals surface area contributed by atoms with Crippen molar-refractivity contribution in [1.82, 2.24) is 20.2 Å². The molecule has 15 nitrogen and oxygen atoms in total. The number of thioether (sulfide) groups is 2. The Labute approximate surface area is 303 Å². The molecule has 20 heteroatoms. The number of primary amides is 1. The highest BCUT2D eigenvalue weighted by atomic mass is 35.5. The molecule has 3 amide bonds. The van der Waals surface area contributed by atoms with Gasteiger partial charge in [0.15, 0.2) is 21.7 Å². The predicted octanol–water partition coefficient (Wildman–Crippen LogP) is -3.51. The maximum Gasteiger partial charge on any atom is 0.276 e. The van der Waals surface area contributed by atoms with Crippen LogP contribution in [0.15, 0.2) is 43.7 Å². The highest BCUT2D eigenvalue weighted by Crippen LogP contribution is 2.46. The Bertz CT molecular complexity index is 1890. The molecule has 49 heavy (non-hydrogen) atoms. The van der Waals surface area contributed by atoms with Gasteiger partial charge in [0.05, 0.1) is 21.9 Å². The molecule has 0 aliphatic carbocycles. The molecule has 2 aromatic heterocycles. The van der Waals surface area contributed by atoms with Crippen molar-refractivity contribution in [2.24, 2.45) is 10.9 Å². The van der Waals surface area contributed by atoms with Crippen molar-refractivity contribution in [3.63, 3.8) is 0 Å². The van der Waals surface area contributed by atoms with Crippen molar-refractivity contribution in [3.8, 4) is 0 Å². The number of rotatable bonds is 11.